The van der Waals surface area contributed by atoms with E-state index < -0.39 is 0 Å². The van der Waals surface area contributed by atoms with Gasteiger partial charge in [-0.3, -0.25) is 4.79 Å². The molecular formula is C16H19N5OS. The van der Waals surface area contributed by atoms with Crippen LogP contribution in [0.1, 0.15) is 24.2 Å². The van der Waals surface area contributed by atoms with Gasteiger partial charge in [0.2, 0.25) is 5.91 Å². The van der Waals surface area contributed by atoms with E-state index in [1.54, 1.807) is 11.3 Å². The van der Waals surface area contributed by atoms with Crippen molar-refractivity contribution < 1.29 is 4.79 Å². The van der Waals surface area contributed by atoms with Crippen LogP contribution in [0.3, 0.4) is 0 Å². The number of anilines is 1. The maximum atomic E-state index is 12.8. The number of aromatic nitrogens is 3. The molecule has 3 saturated heterocycles. The summed E-state index contributed by atoms with van der Waals surface area (Å²) in [4.78, 5) is 21.4. The minimum atomic E-state index is 0.0514. The Labute approximate surface area is 139 Å². The van der Waals surface area contributed by atoms with Crippen LogP contribution in [0.5, 0.6) is 0 Å². The normalized spacial score (nSPS) is 24.1. The van der Waals surface area contributed by atoms with E-state index in [9.17, 15) is 4.79 Å². The molecule has 0 unspecified atom stereocenters. The number of thiazole rings is 1. The molecule has 3 aliphatic heterocycles. The van der Waals surface area contributed by atoms with E-state index in [2.05, 4.69) is 20.1 Å². The zero-order valence-electron chi connectivity index (χ0n) is 13.1. The van der Waals surface area contributed by atoms with Gasteiger partial charge >= 0.3 is 0 Å². The van der Waals surface area contributed by atoms with Crippen molar-refractivity contribution >= 4 is 23.1 Å². The van der Waals surface area contributed by atoms with Gasteiger partial charge in [0.25, 0.3) is 0 Å². The van der Waals surface area contributed by atoms with Crippen molar-refractivity contribution in [3.63, 3.8) is 0 Å². The lowest BCUT2D eigenvalue weighted by molar-refractivity contribution is -0.140. The molecule has 2 aromatic heterocycles. The molecule has 0 radical (unpaired) electrons. The zero-order valence-corrected chi connectivity index (χ0v) is 13.9. The van der Waals surface area contributed by atoms with Gasteiger partial charge in [-0.2, -0.15) is 5.10 Å². The third kappa shape index (κ3) is 2.81. The van der Waals surface area contributed by atoms with E-state index in [-0.39, 0.29) is 17.9 Å². The summed E-state index contributed by atoms with van der Waals surface area (Å²) >= 11 is 1.58. The van der Waals surface area contributed by atoms with E-state index in [0.717, 1.165) is 43.1 Å². The molecule has 120 valence electrons. The number of nitrogens with zero attached hydrogens (tertiary/aromatic N) is 5. The second-order valence-corrected chi connectivity index (χ2v) is 7.03. The summed E-state index contributed by atoms with van der Waals surface area (Å²) in [5.41, 5.74) is 3.72. The van der Waals surface area contributed by atoms with E-state index in [0.29, 0.717) is 6.54 Å². The summed E-state index contributed by atoms with van der Waals surface area (Å²) in [5, 5.41) is 10.5. The summed E-state index contributed by atoms with van der Waals surface area (Å²) in [6.45, 7) is 4.11. The SMILES string of the molecule is Cc1ccc(N2C[C@@H]3CC[C@H](C2)N(Cc2cscn2)C3=O)nn1. The van der Waals surface area contributed by atoms with Gasteiger partial charge in [-0.25, -0.2) is 4.98 Å². The first-order valence-electron chi connectivity index (χ1n) is 7.93. The van der Waals surface area contributed by atoms with Crippen LogP contribution >= 0.6 is 11.3 Å². The number of piperidine rings is 1. The average molecular weight is 329 g/mol. The Morgan fingerprint density at radius 3 is 2.91 bits per heavy atom. The molecular weight excluding hydrogens is 310 g/mol. The van der Waals surface area contributed by atoms with Crippen LogP contribution < -0.4 is 4.90 Å². The van der Waals surface area contributed by atoms with Gasteiger partial charge in [0, 0.05) is 24.5 Å². The van der Waals surface area contributed by atoms with Gasteiger partial charge in [0.15, 0.2) is 5.82 Å². The fourth-order valence-corrected chi connectivity index (χ4v) is 4.04. The number of fused-ring (bicyclic) bond motifs is 4. The molecule has 23 heavy (non-hydrogen) atoms. The predicted octanol–water partition coefficient (Wildman–Crippen LogP) is 1.87. The maximum absolute atomic E-state index is 12.8. The summed E-state index contributed by atoms with van der Waals surface area (Å²) in [6, 6.07) is 4.21. The van der Waals surface area contributed by atoms with Gasteiger partial charge in [-0.1, -0.05) is 0 Å². The molecule has 2 aromatic rings. The van der Waals surface area contributed by atoms with Crippen LogP contribution in [0.15, 0.2) is 23.0 Å². The Morgan fingerprint density at radius 1 is 1.26 bits per heavy atom. The zero-order chi connectivity index (χ0) is 15.8. The molecule has 0 N–H and O–H groups in total. The molecule has 3 fully saturated rings. The largest absolute Gasteiger partial charge is 0.352 e. The maximum Gasteiger partial charge on any atom is 0.228 e. The van der Waals surface area contributed by atoms with Crippen molar-refractivity contribution in [3.8, 4) is 0 Å². The minimum Gasteiger partial charge on any atom is -0.352 e. The second-order valence-electron chi connectivity index (χ2n) is 6.31. The molecule has 1 amide bonds. The standard InChI is InChI=1S/C16H19N5OS/c1-11-2-5-15(19-18-11)20-6-12-3-4-14(8-20)21(16(12)22)7-13-9-23-10-17-13/h2,5,9-10,12,14H,3-4,6-8H2,1H3/t12-,14+/m0/s1. The van der Waals surface area contributed by atoms with E-state index >= 15 is 0 Å². The number of carbonyl (C=O) groups excluding carboxylic acids is 1. The second kappa shape index (κ2) is 5.88. The summed E-state index contributed by atoms with van der Waals surface area (Å²) in [7, 11) is 0. The summed E-state index contributed by atoms with van der Waals surface area (Å²) in [6.07, 6.45) is 2.02. The Bertz CT molecular complexity index is 687. The highest BCUT2D eigenvalue weighted by atomic mass is 32.1. The van der Waals surface area contributed by atoms with Crippen LogP contribution in [0, 0.1) is 12.8 Å². The van der Waals surface area contributed by atoms with Crippen LogP contribution in [0.4, 0.5) is 5.82 Å². The summed E-state index contributed by atoms with van der Waals surface area (Å²) in [5.74, 6) is 1.18. The lowest BCUT2D eigenvalue weighted by atomic mass is 9.94. The van der Waals surface area contributed by atoms with E-state index in [1.807, 2.05) is 34.8 Å². The van der Waals surface area contributed by atoms with Crippen molar-refractivity contribution in [3.05, 3.63) is 34.4 Å². The Balaban J connectivity index is 1.58. The molecule has 3 aliphatic rings. The first kappa shape index (κ1) is 14.6. The van der Waals surface area contributed by atoms with Crippen LogP contribution in [0.25, 0.3) is 0 Å². The molecule has 0 aromatic carbocycles. The fourth-order valence-electron chi connectivity index (χ4n) is 3.49. The number of aryl methyl sites for hydroxylation is 1. The smallest absolute Gasteiger partial charge is 0.228 e. The third-order valence-corrected chi connectivity index (χ3v) is 5.35. The number of hydrogen-bond acceptors (Lipinski definition) is 6. The average Bonchev–Trinajstić information content (AvgIpc) is 2.92. The lowest BCUT2D eigenvalue weighted by Crippen LogP contribution is -2.47. The number of carbonyl (C=O) groups is 1. The number of rotatable bonds is 3. The van der Waals surface area contributed by atoms with Gasteiger partial charge in [-0.05, 0) is 31.9 Å². The highest BCUT2D eigenvalue weighted by Gasteiger charge is 2.41. The molecule has 7 heteroatoms. The van der Waals surface area contributed by atoms with E-state index in [4.69, 9.17) is 0 Å². The molecule has 5 rings (SSSR count). The van der Waals surface area contributed by atoms with Crippen LogP contribution in [-0.2, 0) is 11.3 Å². The van der Waals surface area contributed by atoms with E-state index in [1.165, 1.54) is 0 Å². The Kier molecular flexibility index (Phi) is 3.72. The number of amides is 1. The van der Waals surface area contributed by atoms with Crippen LogP contribution in [0.2, 0.25) is 0 Å². The fraction of sp³-hybridized carbons (Fsp3) is 0.500. The monoisotopic (exact) mass is 329 g/mol. The van der Waals surface area contributed by atoms with Gasteiger partial charge in [0.1, 0.15) is 0 Å². The molecule has 5 heterocycles. The first-order chi connectivity index (χ1) is 11.2. The molecule has 6 nitrogen and oxygen atoms in total. The van der Waals surface area contributed by atoms with Gasteiger partial charge < -0.3 is 9.80 Å². The van der Waals surface area contributed by atoms with Crippen molar-refractivity contribution in [2.75, 3.05) is 18.0 Å². The van der Waals surface area contributed by atoms with Gasteiger partial charge in [-0.15, -0.1) is 16.4 Å². The molecule has 0 saturated carbocycles. The molecule has 0 aliphatic carbocycles. The quantitative estimate of drug-likeness (QED) is 0.860. The van der Waals surface area contributed by atoms with Gasteiger partial charge in [0.05, 0.1) is 29.4 Å². The third-order valence-electron chi connectivity index (χ3n) is 4.72. The van der Waals surface area contributed by atoms with Crippen molar-refractivity contribution in [1.29, 1.82) is 0 Å². The number of hydrogen-bond donors (Lipinski definition) is 0. The highest BCUT2D eigenvalue weighted by Crippen LogP contribution is 2.32. The topological polar surface area (TPSA) is 62.2 Å². The highest BCUT2D eigenvalue weighted by molar-refractivity contribution is 7.07. The van der Waals surface area contributed by atoms with Crippen molar-refractivity contribution in [2.45, 2.75) is 32.4 Å². The first-order valence-corrected chi connectivity index (χ1v) is 8.88. The van der Waals surface area contributed by atoms with Crippen molar-refractivity contribution in [2.24, 2.45) is 5.92 Å². The molecule has 2 atom stereocenters. The Morgan fingerprint density at radius 2 is 2.17 bits per heavy atom. The minimum absolute atomic E-state index is 0.0514. The molecule has 0 spiro atoms. The lowest BCUT2D eigenvalue weighted by Gasteiger charge is -2.35. The predicted molar refractivity (Wildman–Crippen MR) is 88.2 cm³/mol. The Hall–Kier alpha value is -2.02. The molecule has 2 bridgehead atoms. The van der Waals surface area contributed by atoms with Crippen LogP contribution in [-0.4, -0.2) is 45.1 Å². The summed E-state index contributed by atoms with van der Waals surface area (Å²) < 4.78 is 0. The van der Waals surface area contributed by atoms with Crippen molar-refractivity contribution in [1.82, 2.24) is 20.1 Å².